The minimum atomic E-state index is -1.11. The molecule has 144 valence electrons. The van der Waals surface area contributed by atoms with Crippen LogP contribution in [0.1, 0.15) is 25.1 Å². The Morgan fingerprint density at radius 2 is 1.96 bits per heavy atom. The van der Waals surface area contributed by atoms with E-state index in [4.69, 9.17) is 37.8 Å². The Kier molecular flexibility index (Phi) is 6.57. The van der Waals surface area contributed by atoms with Crippen LogP contribution in [0, 0.1) is 6.92 Å². The third kappa shape index (κ3) is 5.05. The van der Waals surface area contributed by atoms with Gasteiger partial charge in [-0.2, -0.15) is 5.10 Å². The summed E-state index contributed by atoms with van der Waals surface area (Å²) in [5, 5.41) is 13.8. The zero-order valence-electron chi connectivity index (χ0n) is 15.4. The highest BCUT2D eigenvalue weighted by Crippen LogP contribution is 2.39. The van der Waals surface area contributed by atoms with Crippen LogP contribution in [0.15, 0.2) is 30.4 Å². The Labute approximate surface area is 167 Å². The van der Waals surface area contributed by atoms with Crippen LogP contribution in [0.2, 0.25) is 10.0 Å². The predicted molar refractivity (Wildman–Crippen MR) is 106 cm³/mol. The Hall–Kier alpha value is -2.44. The van der Waals surface area contributed by atoms with E-state index >= 15 is 0 Å². The summed E-state index contributed by atoms with van der Waals surface area (Å²) in [6.07, 6.45) is 2.63. The Morgan fingerprint density at radius 3 is 2.56 bits per heavy atom. The third-order valence-electron chi connectivity index (χ3n) is 3.59. The van der Waals surface area contributed by atoms with Gasteiger partial charge in [-0.15, -0.1) is 0 Å². The molecular weight excluding hydrogens is 391 g/mol. The standard InChI is InChI=1S/C19H20Cl2N2O4/c1-10(2)6-7-13-11(3)22-23(5)18(13)27-17-9-16(14(20)8-15(17)21)26-12(4)19(24)25/h6-9,12H,1H2,2-5H3,(H,24,25)/b7-6+/t12-/m0/s1. The first kappa shape index (κ1) is 20.9. The van der Waals surface area contributed by atoms with Crippen molar-refractivity contribution in [3.8, 4) is 17.4 Å². The molecule has 8 heteroatoms. The lowest BCUT2D eigenvalue weighted by Crippen LogP contribution is -2.23. The molecule has 0 aliphatic carbocycles. The molecule has 0 bridgehead atoms. The molecule has 0 amide bonds. The van der Waals surface area contributed by atoms with Gasteiger partial charge in [-0.1, -0.05) is 41.4 Å². The molecule has 27 heavy (non-hydrogen) atoms. The first-order chi connectivity index (χ1) is 12.6. The highest BCUT2D eigenvalue weighted by molar-refractivity contribution is 6.36. The van der Waals surface area contributed by atoms with Crippen LogP contribution in [0.3, 0.4) is 0 Å². The number of carboxylic acids is 1. The Balaban J connectivity index is 2.43. The lowest BCUT2D eigenvalue weighted by molar-refractivity contribution is -0.144. The van der Waals surface area contributed by atoms with E-state index < -0.39 is 12.1 Å². The summed E-state index contributed by atoms with van der Waals surface area (Å²) in [5.74, 6) is -0.227. The first-order valence-electron chi connectivity index (χ1n) is 8.03. The lowest BCUT2D eigenvalue weighted by atomic mass is 10.2. The molecule has 1 N–H and O–H groups in total. The summed E-state index contributed by atoms with van der Waals surface area (Å²) in [7, 11) is 1.74. The van der Waals surface area contributed by atoms with E-state index in [0.717, 1.165) is 16.8 Å². The van der Waals surface area contributed by atoms with Gasteiger partial charge in [0.25, 0.3) is 0 Å². The zero-order valence-corrected chi connectivity index (χ0v) is 16.9. The second-order valence-corrected chi connectivity index (χ2v) is 6.84. The van der Waals surface area contributed by atoms with Gasteiger partial charge in [0.15, 0.2) is 11.9 Å². The number of aliphatic carboxylic acids is 1. The SMILES string of the molecule is C=C(C)/C=C/c1c(C)nn(C)c1Oc1cc(O[C@@H](C)C(=O)O)c(Cl)cc1Cl. The Bertz CT molecular complexity index is 919. The van der Waals surface area contributed by atoms with Gasteiger partial charge < -0.3 is 14.6 Å². The van der Waals surface area contributed by atoms with Gasteiger partial charge in [-0.3, -0.25) is 0 Å². The molecule has 2 rings (SSSR count). The van der Waals surface area contributed by atoms with Gasteiger partial charge in [-0.05, 0) is 32.9 Å². The van der Waals surface area contributed by atoms with Gasteiger partial charge in [0.2, 0.25) is 5.88 Å². The first-order valence-corrected chi connectivity index (χ1v) is 8.79. The summed E-state index contributed by atoms with van der Waals surface area (Å²) < 4.78 is 12.9. The maximum atomic E-state index is 11.0. The maximum Gasteiger partial charge on any atom is 0.344 e. The number of rotatable bonds is 7. The van der Waals surface area contributed by atoms with Crippen LogP contribution < -0.4 is 9.47 Å². The van der Waals surface area contributed by atoms with E-state index in [-0.39, 0.29) is 21.5 Å². The number of nitrogens with zero attached hydrogens (tertiary/aromatic N) is 2. The second-order valence-electron chi connectivity index (χ2n) is 6.02. The second kappa shape index (κ2) is 8.50. The van der Waals surface area contributed by atoms with Crippen molar-refractivity contribution in [1.82, 2.24) is 9.78 Å². The average Bonchev–Trinajstić information content (AvgIpc) is 2.82. The van der Waals surface area contributed by atoms with Gasteiger partial charge >= 0.3 is 5.97 Å². The van der Waals surface area contributed by atoms with E-state index in [1.54, 1.807) is 11.7 Å². The fraction of sp³-hybridized carbons (Fsp3) is 0.263. The van der Waals surface area contributed by atoms with Gasteiger partial charge in [0.1, 0.15) is 5.75 Å². The fourth-order valence-corrected chi connectivity index (χ4v) is 2.68. The van der Waals surface area contributed by atoms with Crippen molar-refractivity contribution in [2.45, 2.75) is 26.9 Å². The number of carbonyl (C=O) groups is 1. The smallest absolute Gasteiger partial charge is 0.344 e. The Morgan fingerprint density at radius 1 is 1.33 bits per heavy atom. The number of aromatic nitrogens is 2. The number of allylic oxidation sites excluding steroid dienone is 2. The molecule has 0 unspecified atom stereocenters. The number of hydrogen-bond donors (Lipinski definition) is 1. The van der Waals surface area contributed by atoms with E-state index in [9.17, 15) is 4.79 Å². The normalized spacial score (nSPS) is 12.2. The molecule has 0 radical (unpaired) electrons. The zero-order chi connectivity index (χ0) is 20.3. The summed E-state index contributed by atoms with van der Waals surface area (Å²) in [6, 6.07) is 2.90. The van der Waals surface area contributed by atoms with E-state index in [1.807, 2.05) is 26.0 Å². The number of carboxylic acid groups (broad SMARTS) is 1. The fourth-order valence-electron chi connectivity index (χ4n) is 2.22. The molecule has 0 fully saturated rings. The van der Waals surface area contributed by atoms with Crippen LogP contribution in [0.5, 0.6) is 17.4 Å². The average molecular weight is 411 g/mol. The molecular formula is C19H20Cl2N2O4. The van der Waals surface area contributed by atoms with E-state index in [1.165, 1.54) is 19.1 Å². The lowest BCUT2D eigenvalue weighted by Gasteiger charge is -2.15. The third-order valence-corrected chi connectivity index (χ3v) is 4.18. The summed E-state index contributed by atoms with van der Waals surface area (Å²) in [5.41, 5.74) is 2.42. The topological polar surface area (TPSA) is 73.6 Å². The number of benzene rings is 1. The molecule has 6 nitrogen and oxygen atoms in total. The highest BCUT2D eigenvalue weighted by atomic mass is 35.5. The van der Waals surface area contributed by atoms with Crippen molar-refractivity contribution in [2.24, 2.45) is 7.05 Å². The van der Waals surface area contributed by atoms with E-state index in [2.05, 4.69) is 11.7 Å². The van der Waals surface area contributed by atoms with Crippen LogP contribution in [-0.4, -0.2) is 27.0 Å². The molecule has 2 aromatic rings. The van der Waals surface area contributed by atoms with Crippen LogP contribution >= 0.6 is 23.2 Å². The molecule has 1 heterocycles. The van der Waals surface area contributed by atoms with Gasteiger partial charge in [0.05, 0.1) is 21.3 Å². The number of halogens is 2. The van der Waals surface area contributed by atoms with Gasteiger partial charge in [-0.25, -0.2) is 9.48 Å². The molecule has 1 aromatic heterocycles. The van der Waals surface area contributed by atoms with Crippen molar-refractivity contribution < 1.29 is 19.4 Å². The van der Waals surface area contributed by atoms with Crippen molar-refractivity contribution in [3.63, 3.8) is 0 Å². The molecule has 0 saturated heterocycles. The maximum absolute atomic E-state index is 11.0. The molecule has 0 spiro atoms. The predicted octanol–water partition coefficient (Wildman–Crippen LogP) is 5.27. The molecule has 1 aromatic carbocycles. The summed E-state index contributed by atoms with van der Waals surface area (Å²) in [4.78, 5) is 11.0. The van der Waals surface area contributed by atoms with E-state index in [0.29, 0.717) is 5.88 Å². The number of ether oxygens (including phenoxy) is 2. The largest absolute Gasteiger partial charge is 0.479 e. The van der Waals surface area contributed by atoms with Crippen molar-refractivity contribution >= 4 is 35.2 Å². The molecule has 0 saturated carbocycles. The van der Waals surface area contributed by atoms with Crippen molar-refractivity contribution in [2.75, 3.05) is 0 Å². The quantitative estimate of drug-likeness (QED) is 0.629. The van der Waals surface area contributed by atoms with Crippen LogP contribution in [0.4, 0.5) is 0 Å². The van der Waals surface area contributed by atoms with Crippen molar-refractivity contribution in [1.29, 1.82) is 0 Å². The van der Waals surface area contributed by atoms with Crippen molar-refractivity contribution in [3.05, 3.63) is 51.7 Å². The number of hydrogen-bond acceptors (Lipinski definition) is 4. The molecule has 1 atom stereocenters. The van der Waals surface area contributed by atoms with Gasteiger partial charge in [0, 0.05) is 13.1 Å². The molecule has 0 aliphatic heterocycles. The monoisotopic (exact) mass is 410 g/mol. The summed E-state index contributed by atoms with van der Waals surface area (Å²) in [6.45, 7) is 8.98. The highest BCUT2D eigenvalue weighted by Gasteiger charge is 2.19. The summed E-state index contributed by atoms with van der Waals surface area (Å²) >= 11 is 12.4. The molecule has 0 aliphatic rings. The minimum Gasteiger partial charge on any atom is -0.479 e. The van der Waals surface area contributed by atoms with Crippen LogP contribution in [0.25, 0.3) is 6.08 Å². The van der Waals surface area contributed by atoms with Crippen LogP contribution in [-0.2, 0) is 11.8 Å². The number of aryl methyl sites for hydroxylation is 2. The minimum absolute atomic E-state index is 0.156.